The number of pyridine rings is 1. The molecule has 1 aromatic carbocycles. The van der Waals surface area contributed by atoms with Crippen LogP contribution in [-0.2, 0) is 6.54 Å². The molecule has 3 aromatic rings. The largest absolute Gasteiger partial charge is 0.348 e. The monoisotopic (exact) mass is 374 g/mol. The Morgan fingerprint density at radius 3 is 2.44 bits per heavy atom. The van der Waals surface area contributed by atoms with Crippen LogP contribution in [0.4, 0.5) is 0 Å². The summed E-state index contributed by atoms with van der Waals surface area (Å²) in [7, 11) is 0. The number of hydrogen-bond acceptors (Lipinski definition) is 4. The Morgan fingerprint density at radius 1 is 1.08 bits per heavy atom. The number of carbonyl (C=O) groups excluding carboxylic acids is 1. The van der Waals surface area contributed by atoms with Crippen molar-refractivity contribution >= 4 is 29.1 Å². The predicted octanol–water partition coefficient (Wildman–Crippen LogP) is 3.07. The van der Waals surface area contributed by atoms with Crippen LogP contribution in [0.2, 0.25) is 10.0 Å². The molecular weight excluding hydrogens is 363 g/mol. The van der Waals surface area contributed by atoms with Crippen LogP contribution in [0.25, 0.3) is 11.3 Å². The van der Waals surface area contributed by atoms with E-state index in [4.69, 9.17) is 23.2 Å². The Kier molecular flexibility index (Phi) is 5.11. The zero-order valence-electron chi connectivity index (χ0n) is 12.8. The number of amides is 1. The zero-order valence-corrected chi connectivity index (χ0v) is 14.3. The lowest BCUT2D eigenvalue weighted by molar-refractivity contribution is 0.0949. The summed E-state index contributed by atoms with van der Waals surface area (Å²) in [5.41, 5.74) is 1.33. The first-order chi connectivity index (χ1) is 12.0. The van der Waals surface area contributed by atoms with Gasteiger partial charge in [-0.1, -0.05) is 23.2 Å². The van der Waals surface area contributed by atoms with Crippen molar-refractivity contribution < 1.29 is 4.79 Å². The molecule has 6 nitrogen and oxygen atoms in total. The highest BCUT2D eigenvalue weighted by atomic mass is 35.5. The van der Waals surface area contributed by atoms with Crippen molar-refractivity contribution in [3.63, 3.8) is 0 Å². The lowest BCUT2D eigenvalue weighted by Gasteiger charge is -2.07. The first kappa shape index (κ1) is 17.1. The van der Waals surface area contributed by atoms with Gasteiger partial charge in [-0.3, -0.25) is 14.6 Å². The van der Waals surface area contributed by atoms with Crippen molar-refractivity contribution in [2.45, 2.75) is 6.54 Å². The van der Waals surface area contributed by atoms with E-state index in [1.54, 1.807) is 42.7 Å². The summed E-state index contributed by atoms with van der Waals surface area (Å²) in [5.74, 6) is -0.518. The molecule has 0 aliphatic rings. The smallest absolute Gasteiger partial charge is 0.277 e. The van der Waals surface area contributed by atoms with Crippen molar-refractivity contribution in [1.29, 1.82) is 0 Å². The van der Waals surface area contributed by atoms with Crippen molar-refractivity contribution in [2.75, 3.05) is 0 Å². The van der Waals surface area contributed by atoms with Crippen LogP contribution in [-0.4, -0.2) is 21.1 Å². The number of nitrogens with one attached hydrogen (secondary N) is 2. The minimum Gasteiger partial charge on any atom is -0.348 e. The van der Waals surface area contributed by atoms with E-state index in [-0.39, 0.29) is 12.1 Å². The third-order valence-electron chi connectivity index (χ3n) is 3.40. The highest BCUT2D eigenvalue weighted by Gasteiger charge is 2.13. The summed E-state index contributed by atoms with van der Waals surface area (Å²) in [6.07, 6.45) is 3.20. The molecule has 2 heterocycles. The second-order valence-corrected chi connectivity index (χ2v) is 6.07. The Hall–Kier alpha value is -2.70. The average Bonchev–Trinajstić information content (AvgIpc) is 2.60. The molecule has 0 atom stereocenters. The molecule has 0 bridgehead atoms. The van der Waals surface area contributed by atoms with E-state index in [2.05, 4.69) is 20.5 Å². The third kappa shape index (κ3) is 4.23. The van der Waals surface area contributed by atoms with Gasteiger partial charge in [0, 0.05) is 34.5 Å². The number of rotatable bonds is 4. The SMILES string of the molecule is O=C(NCc1cc(Cl)cc(Cl)c1)c1cc(-c2ccncc2)n[nH]c1=O. The van der Waals surface area contributed by atoms with Crippen molar-refractivity contribution in [1.82, 2.24) is 20.5 Å². The van der Waals surface area contributed by atoms with E-state index in [0.29, 0.717) is 15.7 Å². The molecule has 2 N–H and O–H groups in total. The quantitative estimate of drug-likeness (QED) is 0.734. The highest BCUT2D eigenvalue weighted by molar-refractivity contribution is 6.34. The molecule has 1 amide bonds. The molecule has 0 fully saturated rings. The van der Waals surface area contributed by atoms with Crippen LogP contribution >= 0.6 is 23.2 Å². The molecule has 8 heteroatoms. The molecule has 0 saturated heterocycles. The molecule has 0 unspecified atom stereocenters. The number of aromatic amines is 1. The topological polar surface area (TPSA) is 87.7 Å². The van der Waals surface area contributed by atoms with Gasteiger partial charge in [0.15, 0.2) is 0 Å². The molecule has 0 aliphatic heterocycles. The lowest BCUT2D eigenvalue weighted by Crippen LogP contribution is -2.29. The van der Waals surface area contributed by atoms with Crippen LogP contribution in [0.3, 0.4) is 0 Å². The second-order valence-electron chi connectivity index (χ2n) is 5.19. The van der Waals surface area contributed by atoms with E-state index in [1.807, 2.05) is 0 Å². The Bertz CT molecular complexity index is 954. The molecule has 2 aromatic heterocycles. The molecule has 0 saturated carbocycles. The molecule has 25 heavy (non-hydrogen) atoms. The van der Waals surface area contributed by atoms with Gasteiger partial charge in [-0.2, -0.15) is 5.10 Å². The number of nitrogens with zero attached hydrogens (tertiary/aromatic N) is 2. The number of aromatic nitrogens is 3. The van der Waals surface area contributed by atoms with Crippen LogP contribution in [0.5, 0.6) is 0 Å². The van der Waals surface area contributed by atoms with Crippen molar-refractivity contribution in [3.8, 4) is 11.3 Å². The number of hydrogen-bond donors (Lipinski definition) is 2. The Morgan fingerprint density at radius 2 is 1.76 bits per heavy atom. The van der Waals surface area contributed by atoms with Crippen molar-refractivity contribution in [3.05, 3.63) is 80.3 Å². The first-order valence-electron chi connectivity index (χ1n) is 7.26. The molecule has 3 rings (SSSR count). The fourth-order valence-electron chi connectivity index (χ4n) is 2.24. The molecule has 0 spiro atoms. The predicted molar refractivity (Wildman–Crippen MR) is 95.7 cm³/mol. The second kappa shape index (κ2) is 7.46. The Labute approximate surface area is 152 Å². The highest BCUT2D eigenvalue weighted by Crippen LogP contribution is 2.19. The standard InChI is InChI=1S/C17H12Cl2N4O2/c18-12-5-10(6-13(19)7-12)9-21-16(24)14-8-15(22-23-17(14)25)11-1-3-20-4-2-11/h1-8H,9H2,(H,21,24)(H,23,25). The van der Waals surface area contributed by atoms with Gasteiger partial charge in [-0.15, -0.1) is 0 Å². The summed E-state index contributed by atoms with van der Waals surface area (Å²) in [4.78, 5) is 28.2. The van der Waals surface area contributed by atoms with Crippen LogP contribution in [0, 0.1) is 0 Å². The van der Waals surface area contributed by atoms with E-state index >= 15 is 0 Å². The third-order valence-corrected chi connectivity index (χ3v) is 3.84. The van der Waals surface area contributed by atoms with Gasteiger partial charge < -0.3 is 5.32 Å². The van der Waals surface area contributed by atoms with Gasteiger partial charge in [0.1, 0.15) is 5.56 Å². The maximum absolute atomic E-state index is 12.4. The van der Waals surface area contributed by atoms with Crippen LogP contribution in [0.1, 0.15) is 15.9 Å². The summed E-state index contributed by atoms with van der Waals surface area (Å²) in [6.45, 7) is 0.186. The van der Waals surface area contributed by atoms with E-state index < -0.39 is 11.5 Å². The number of benzene rings is 1. The van der Waals surface area contributed by atoms with Crippen LogP contribution < -0.4 is 10.9 Å². The van der Waals surface area contributed by atoms with Crippen molar-refractivity contribution in [2.24, 2.45) is 0 Å². The fourth-order valence-corrected chi connectivity index (χ4v) is 2.81. The van der Waals surface area contributed by atoms with E-state index in [0.717, 1.165) is 11.1 Å². The minimum absolute atomic E-state index is 0.0325. The van der Waals surface area contributed by atoms with Gasteiger partial charge in [0.2, 0.25) is 0 Å². The van der Waals surface area contributed by atoms with Crippen LogP contribution in [0.15, 0.2) is 53.6 Å². The van der Waals surface area contributed by atoms with Gasteiger partial charge in [-0.25, -0.2) is 5.10 Å². The van der Waals surface area contributed by atoms with E-state index in [1.165, 1.54) is 6.07 Å². The molecule has 0 radical (unpaired) electrons. The van der Waals surface area contributed by atoms with Gasteiger partial charge in [-0.05, 0) is 42.0 Å². The summed E-state index contributed by atoms with van der Waals surface area (Å²) in [6, 6.07) is 9.88. The molecular formula is C17H12Cl2N4O2. The van der Waals surface area contributed by atoms with Gasteiger partial charge >= 0.3 is 0 Å². The summed E-state index contributed by atoms with van der Waals surface area (Å²) >= 11 is 11.9. The first-order valence-corrected chi connectivity index (χ1v) is 8.02. The van der Waals surface area contributed by atoms with E-state index in [9.17, 15) is 9.59 Å². The maximum atomic E-state index is 12.4. The number of carbonyl (C=O) groups is 1. The van der Waals surface area contributed by atoms with Gasteiger partial charge in [0.05, 0.1) is 5.69 Å². The maximum Gasteiger partial charge on any atom is 0.277 e. The average molecular weight is 375 g/mol. The zero-order chi connectivity index (χ0) is 17.8. The molecule has 126 valence electrons. The number of H-pyrrole nitrogens is 1. The summed E-state index contributed by atoms with van der Waals surface area (Å²) < 4.78 is 0. The molecule has 0 aliphatic carbocycles. The summed E-state index contributed by atoms with van der Waals surface area (Å²) in [5, 5.41) is 9.90. The fraction of sp³-hybridized carbons (Fsp3) is 0.0588. The normalized spacial score (nSPS) is 10.5. The minimum atomic E-state index is -0.570. The number of halogens is 2. The lowest BCUT2D eigenvalue weighted by atomic mass is 10.1. The Balaban J connectivity index is 1.81. The van der Waals surface area contributed by atoms with Gasteiger partial charge in [0.25, 0.3) is 11.5 Å².